The molecule has 4 N–H and O–H groups in total. The van der Waals surface area contributed by atoms with E-state index in [1.807, 2.05) is 13.8 Å². The highest BCUT2D eigenvalue weighted by Gasteiger charge is 2.14. The van der Waals surface area contributed by atoms with Crippen LogP contribution in [0.2, 0.25) is 0 Å². The summed E-state index contributed by atoms with van der Waals surface area (Å²) in [5.74, 6) is -0.391. The highest BCUT2D eigenvalue weighted by molar-refractivity contribution is 7.11. The van der Waals surface area contributed by atoms with Gasteiger partial charge in [0.05, 0.1) is 11.7 Å². The molecule has 0 radical (unpaired) electrons. The molecule has 0 saturated heterocycles. The maximum Gasteiger partial charge on any atom is 0.219 e. The fourth-order valence-corrected chi connectivity index (χ4v) is 1.88. The second kappa shape index (κ2) is 3.85. The summed E-state index contributed by atoms with van der Waals surface area (Å²) in [4.78, 5) is 16.0. The molecule has 1 rings (SSSR count). The predicted molar refractivity (Wildman–Crippen MR) is 52.3 cm³/mol. The Morgan fingerprint density at radius 3 is 2.62 bits per heavy atom. The van der Waals surface area contributed by atoms with Crippen molar-refractivity contribution < 1.29 is 4.79 Å². The molecule has 4 nitrogen and oxygen atoms in total. The van der Waals surface area contributed by atoms with Crippen LogP contribution in [0.4, 0.5) is 0 Å². The van der Waals surface area contributed by atoms with Gasteiger partial charge in [0, 0.05) is 11.3 Å². The number of nitrogens with zero attached hydrogens (tertiary/aromatic N) is 1. The molecule has 1 atom stereocenters. The third kappa shape index (κ3) is 2.50. The van der Waals surface area contributed by atoms with Gasteiger partial charge in [0.2, 0.25) is 5.91 Å². The second-order valence-electron chi connectivity index (χ2n) is 2.97. The number of nitrogens with two attached hydrogens (primary N) is 2. The molecule has 0 spiro atoms. The average Bonchev–Trinajstić information content (AvgIpc) is 2.31. The normalized spacial score (nSPS) is 12.8. The van der Waals surface area contributed by atoms with E-state index in [-0.39, 0.29) is 12.5 Å². The molecule has 1 aromatic heterocycles. The SMILES string of the molecule is Cc1nc([C@@H](N)CC(N)=O)sc1C. The van der Waals surface area contributed by atoms with Crippen molar-refractivity contribution in [3.8, 4) is 0 Å². The van der Waals surface area contributed by atoms with E-state index >= 15 is 0 Å². The Labute approximate surface area is 81.0 Å². The van der Waals surface area contributed by atoms with Crippen LogP contribution < -0.4 is 11.5 Å². The highest BCUT2D eigenvalue weighted by atomic mass is 32.1. The molecular weight excluding hydrogens is 186 g/mol. The lowest BCUT2D eigenvalue weighted by atomic mass is 10.2. The van der Waals surface area contributed by atoms with Crippen molar-refractivity contribution in [2.75, 3.05) is 0 Å². The molecule has 0 unspecified atom stereocenters. The lowest BCUT2D eigenvalue weighted by Crippen LogP contribution is -2.20. The van der Waals surface area contributed by atoms with Crippen LogP contribution in [-0.2, 0) is 4.79 Å². The lowest BCUT2D eigenvalue weighted by Gasteiger charge is -2.03. The number of amides is 1. The van der Waals surface area contributed by atoms with Gasteiger partial charge in [-0.3, -0.25) is 4.79 Å². The maximum absolute atomic E-state index is 10.6. The quantitative estimate of drug-likeness (QED) is 0.749. The van der Waals surface area contributed by atoms with E-state index in [0.717, 1.165) is 15.6 Å². The number of primary amides is 1. The van der Waals surface area contributed by atoms with Crippen LogP contribution in [0.1, 0.15) is 28.0 Å². The number of aryl methyl sites for hydroxylation is 2. The summed E-state index contributed by atoms with van der Waals surface area (Å²) in [6.07, 6.45) is 0.159. The summed E-state index contributed by atoms with van der Waals surface area (Å²) >= 11 is 1.52. The maximum atomic E-state index is 10.6. The molecule has 0 saturated carbocycles. The van der Waals surface area contributed by atoms with E-state index in [4.69, 9.17) is 11.5 Å². The van der Waals surface area contributed by atoms with Gasteiger partial charge in [-0.25, -0.2) is 4.98 Å². The summed E-state index contributed by atoms with van der Waals surface area (Å²) in [6.45, 7) is 3.90. The lowest BCUT2D eigenvalue weighted by molar-refractivity contribution is -0.118. The van der Waals surface area contributed by atoms with E-state index in [0.29, 0.717) is 0 Å². The molecule has 0 aliphatic heterocycles. The van der Waals surface area contributed by atoms with Crippen molar-refractivity contribution in [1.29, 1.82) is 0 Å². The van der Waals surface area contributed by atoms with Crippen LogP contribution in [0, 0.1) is 13.8 Å². The van der Waals surface area contributed by atoms with Gasteiger partial charge in [-0.15, -0.1) is 11.3 Å². The molecule has 72 valence electrons. The number of carbonyl (C=O) groups is 1. The number of carbonyl (C=O) groups excluding carboxylic acids is 1. The molecule has 1 aromatic rings. The monoisotopic (exact) mass is 199 g/mol. The van der Waals surface area contributed by atoms with Gasteiger partial charge in [0.15, 0.2) is 0 Å². The zero-order valence-electron chi connectivity index (χ0n) is 7.70. The van der Waals surface area contributed by atoms with Gasteiger partial charge in [0.1, 0.15) is 5.01 Å². The summed E-state index contributed by atoms with van der Waals surface area (Å²) in [7, 11) is 0. The largest absolute Gasteiger partial charge is 0.370 e. The first-order chi connectivity index (χ1) is 6.00. The van der Waals surface area contributed by atoms with Crippen molar-refractivity contribution in [2.24, 2.45) is 11.5 Å². The summed E-state index contributed by atoms with van der Waals surface area (Å²) in [5, 5.41) is 0.786. The number of rotatable bonds is 3. The van der Waals surface area contributed by atoms with Crippen molar-refractivity contribution in [3.63, 3.8) is 0 Å². The topological polar surface area (TPSA) is 82.0 Å². The number of hydrogen-bond acceptors (Lipinski definition) is 4. The third-order valence-corrected chi connectivity index (χ3v) is 2.99. The van der Waals surface area contributed by atoms with Crippen LogP contribution in [-0.4, -0.2) is 10.9 Å². The zero-order valence-corrected chi connectivity index (χ0v) is 8.52. The first-order valence-electron chi connectivity index (χ1n) is 3.98. The van der Waals surface area contributed by atoms with Gasteiger partial charge in [-0.1, -0.05) is 0 Å². The minimum Gasteiger partial charge on any atom is -0.370 e. The summed E-state index contributed by atoms with van der Waals surface area (Å²) in [6, 6.07) is -0.352. The predicted octanol–water partition coefficient (Wildman–Crippen LogP) is 0.635. The molecule has 1 amide bonds. The molecule has 13 heavy (non-hydrogen) atoms. The fraction of sp³-hybridized carbons (Fsp3) is 0.500. The van der Waals surface area contributed by atoms with Gasteiger partial charge in [-0.2, -0.15) is 0 Å². The summed E-state index contributed by atoms with van der Waals surface area (Å²) < 4.78 is 0. The van der Waals surface area contributed by atoms with Gasteiger partial charge < -0.3 is 11.5 Å². The Kier molecular flexibility index (Phi) is 3.00. The Bertz CT molecular complexity index is 302. The van der Waals surface area contributed by atoms with Gasteiger partial charge >= 0.3 is 0 Å². The Morgan fingerprint density at radius 1 is 1.62 bits per heavy atom. The number of hydrogen-bond donors (Lipinski definition) is 2. The van der Waals surface area contributed by atoms with Gasteiger partial charge in [0.25, 0.3) is 0 Å². The number of aromatic nitrogens is 1. The van der Waals surface area contributed by atoms with Crippen molar-refractivity contribution in [2.45, 2.75) is 26.3 Å². The Hall–Kier alpha value is -0.940. The zero-order chi connectivity index (χ0) is 10.0. The first-order valence-corrected chi connectivity index (χ1v) is 4.80. The minimum atomic E-state index is -0.391. The minimum absolute atomic E-state index is 0.159. The first kappa shape index (κ1) is 10.1. The fourth-order valence-electron chi connectivity index (χ4n) is 0.960. The molecular formula is C8H13N3OS. The second-order valence-corrected chi connectivity index (χ2v) is 4.21. The van der Waals surface area contributed by atoms with Crippen LogP contribution in [0.3, 0.4) is 0 Å². The van der Waals surface area contributed by atoms with Gasteiger partial charge in [-0.05, 0) is 13.8 Å². The average molecular weight is 199 g/mol. The molecule has 1 heterocycles. The summed E-state index contributed by atoms with van der Waals surface area (Å²) in [5.41, 5.74) is 11.7. The third-order valence-electron chi connectivity index (χ3n) is 1.78. The van der Waals surface area contributed by atoms with E-state index in [1.165, 1.54) is 11.3 Å². The van der Waals surface area contributed by atoms with Crippen molar-refractivity contribution in [3.05, 3.63) is 15.6 Å². The molecule has 0 fully saturated rings. The molecule has 0 aromatic carbocycles. The smallest absolute Gasteiger partial charge is 0.219 e. The van der Waals surface area contributed by atoms with E-state index in [1.54, 1.807) is 0 Å². The van der Waals surface area contributed by atoms with E-state index < -0.39 is 5.91 Å². The van der Waals surface area contributed by atoms with Crippen LogP contribution in [0.25, 0.3) is 0 Å². The van der Waals surface area contributed by atoms with E-state index in [9.17, 15) is 4.79 Å². The molecule has 0 bridgehead atoms. The molecule has 5 heteroatoms. The van der Waals surface area contributed by atoms with Crippen LogP contribution >= 0.6 is 11.3 Å². The van der Waals surface area contributed by atoms with Crippen molar-refractivity contribution >= 4 is 17.2 Å². The Balaban J connectivity index is 2.77. The molecule has 0 aliphatic carbocycles. The highest BCUT2D eigenvalue weighted by Crippen LogP contribution is 2.22. The van der Waals surface area contributed by atoms with Crippen LogP contribution in [0.5, 0.6) is 0 Å². The van der Waals surface area contributed by atoms with E-state index in [2.05, 4.69) is 4.98 Å². The van der Waals surface area contributed by atoms with Crippen molar-refractivity contribution in [1.82, 2.24) is 4.98 Å². The molecule has 0 aliphatic rings. The van der Waals surface area contributed by atoms with Crippen LogP contribution in [0.15, 0.2) is 0 Å². The standard InChI is InChI=1S/C8H13N3OS/c1-4-5(2)13-8(11-4)6(9)3-7(10)12/h6H,3,9H2,1-2H3,(H2,10,12)/t6-/m0/s1. The number of thiazole rings is 1. The Morgan fingerprint density at radius 2 is 2.23 bits per heavy atom.